The number of carbonyl (C=O) groups is 2. The lowest BCUT2D eigenvalue weighted by Crippen LogP contribution is -2.39. The van der Waals surface area contributed by atoms with Crippen molar-refractivity contribution in [3.8, 4) is 5.75 Å². The zero-order valence-corrected chi connectivity index (χ0v) is 11.1. The molecule has 1 aromatic rings. The smallest absolute Gasteiger partial charge is 0.228 e. The van der Waals surface area contributed by atoms with Gasteiger partial charge in [-0.1, -0.05) is 13.0 Å². The lowest BCUT2D eigenvalue weighted by atomic mass is 9.89. The Morgan fingerprint density at radius 2 is 2.32 bits per heavy atom. The van der Waals surface area contributed by atoms with E-state index in [0.717, 1.165) is 12.0 Å². The molecule has 19 heavy (non-hydrogen) atoms. The van der Waals surface area contributed by atoms with Gasteiger partial charge in [0.25, 0.3) is 0 Å². The fourth-order valence-corrected chi connectivity index (χ4v) is 2.13. The number of hydrogen-bond donors (Lipinski definition) is 3. The maximum atomic E-state index is 12.2. The predicted molar refractivity (Wildman–Crippen MR) is 72.0 cm³/mol. The molecule has 2 unspecified atom stereocenters. The quantitative estimate of drug-likeness (QED) is 0.776. The third kappa shape index (κ3) is 2.86. The number of phenolic OH excluding ortho intramolecular Hbond substituents is 1. The molecule has 0 bridgehead atoms. The summed E-state index contributed by atoms with van der Waals surface area (Å²) in [5, 5.41) is 15.0. The average Bonchev–Trinajstić information content (AvgIpc) is 2.36. The SMILES string of the molecule is CCC(C)NC(=O)C1CC(=O)Nc2cc(O)ccc21. The first kappa shape index (κ1) is 13.4. The van der Waals surface area contributed by atoms with Crippen molar-refractivity contribution in [2.45, 2.75) is 38.6 Å². The van der Waals surface area contributed by atoms with Gasteiger partial charge in [0.1, 0.15) is 5.75 Å². The molecule has 2 amide bonds. The Bertz CT molecular complexity index is 513. The molecule has 1 aliphatic rings. The van der Waals surface area contributed by atoms with Crippen LogP contribution in [0, 0.1) is 0 Å². The summed E-state index contributed by atoms with van der Waals surface area (Å²) >= 11 is 0. The molecule has 0 fully saturated rings. The summed E-state index contributed by atoms with van der Waals surface area (Å²) in [5.41, 5.74) is 1.26. The lowest BCUT2D eigenvalue weighted by Gasteiger charge is -2.26. The molecule has 1 heterocycles. The Balaban J connectivity index is 2.27. The van der Waals surface area contributed by atoms with E-state index in [4.69, 9.17) is 0 Å². The van der Waals surface area contributed by atoms with Crippen molar-refractivity contribution in [2.75, 3.05) is 5.32 Å². The van der Waals surface area contributed by atoms with Crippen molar-refractivity contribution in [3.63, 3.8) is 0 Å². The van der Waals surface area contributed by atoms with E-state index in [9.17, 15) is 14.7 Å². The Hall–Kier alpha value is -2.04. The molecule has 1 aromatic carbocycles. The number of rotatable bonds is 3. The highest BCUT2D eigenvalue weighted by molar-refractivity contribution is 6.01. The topological polar surface area (TPSA) is 78.4 Å². The number of hydrogen-bond acceptors (Lipinski definition) is 3. The number of fused-ring (bicyclic) bond motifs is 1. The van der Waals surface area contributed by atoms with Gasteiger partial charge in [-0.2, -0.15) is 0 Å². The van der Waals surface area contributed by atoms with Crippen LogP contribution in [0.1, 0.15) is 38.2 Å². The van der Waals surface area contributed by atoms with Gasteiger partial charge in [0.2, 0.25) is 11.8 Å². The molecule has 5 heteroatoms. The molecule has 1 aliphatic heterocycles. The molecule has 0 saturated heterocycles. The number of nitrogens with one attached hydrogen (secondary N) is 2. The van der Waals surface area contributed by atoms with Crippen LogP contribution in [0.25, 0.3) is 0 Å². The van der Waals surface area contributed by atoms with Crippen LogP contribution in [0.4, 0.5) is 5.69 Å². The molecule has 0 aliphatic carbocycles. The summed E-state index contributed by atoms with van der Waals surface area (Å²) in [6.45, 7) is 3.92. The van der Waals surface area contributed by atoms with Crippen LogP contribution in [0.15, 0.2) is 18.2 Å². The fraction of sp³-hybridized carbons (Fsp3) is 0.429. The van der Waals surface area contributed by atoms with Crippen molar-refractivity contribution < 1.29 is 14.7 Å². The van der Waals surface area contributed by atoms with E-state index < -0.39 is 5.92 Å². The molecule has 0 aromatic heterocycles. The van der Waals surface area contributed by atoms with Crippen molar-refractivity contribution in [1.29, 1.82) is 0 Å². The second-order valence-electron chi connectivity index (χ2n) is 4.89. The molecule has 0 radical (unpaired) electrons. The van der Waals surface area contributed by atoms with Gasteiger partial charge in [0, 0.05) is 24.2 Å². The Labute approximate surface area is 112 Å². The summed E-state index contributed by atoms with van der Waals surface area (Å²) in [5.74, 6) is -0.765. The minimum Gasteiger partial charge on any atom is -0.508 e. The third-order valence-electron chi connectivity index (χ3n) is 3.39. The number of phenols is 1. The van der Waals surface area contributed by atoms with E-state index in [0.29, 0.717) is 5.69 Å². The van der Waals surface area contributed by atoms with E-state index in [-0.39, 0.29) is 30.0 Å². The van der Waals surface area contributed by atoms with E-state index in [1.54, 1.807) is 6.07 Å². The molecule has 2 rings (SSSR count). The van der Waals surface area contributed by atoms with E-state index >= 15 is 0 Å². The van der Waals surface area contributed by atoms with Gasteiger partial charge >= 0.3 is 0 Å². The molecular formula is C14H18N2O3. The van der Waals surface area contributed by atoms with Gasteiger partial charge in [0.05, 0.1) is 5.92 Å². The van der Waals surface area contributed by atoms with Crippen molar-refractivity contribution >= 4 is 17.5 Å². The molecule has 102 valence electrons. The highest BCUT2D eigenvalue weighted by Crippen LogP contribution is 2.34. The van der Waals surface area contributed by atoms with Crippen LogP contribution in [0.2, 0.25) is 0 Å². The van der Waals surface area contributed by atoms with Crippen LogP contribution in [-0.4, -0.2) is 23.0 Å². The zero-order valence-electron chi connectivity index (χ0n) is 11.1. The van der Waals surface area contributed by atoms with E-state index in [1.165, 1.54) is 12.1 Å². The van der Waals surface area contributed by atoms with Crippen LogP contribution in [0.5, 0.6) is 5.75 Å². The predicted octanol–water partition coefficient (Wildman–Crippen LogP) is 1.73. The average molecular weight is 262 g/mol. The fourth-order valence-electron chi connectivity index (χ4n) is 2.13. The molecule has 5 nitrogen and oxygen atoms in total. The second kappa shape index (κ2) is 5.30. The normalized spacial score (nSPS) is 19.3. The molecule has 0 saturated carbocycles. The van der Waals surface area contributed by atoms with Crippen molar-refractivity contribution in [2.24, 2.45) is 0 Å². The van der Waals surface area contributed by atoms with Gasteiger partial charge in [-0.25, -0.2) is 0 Å². The number of anilines is 1. The largest absolute Gasteiger partial charge is 0.508 e. The number of carbonyl (C=O) groups excluding carboxylic acids is 2. The maximum Gasteiger partial charge on any atom is 0.228 e. The Morgan fingerprint density at radius 1 is 1.58 bits per heavy atom. The maximum absolute atomic E-state index is 12.2. The zero-order chi connectivity index (χ0) is 14.0. The number of amides is 2. The first-order valence-corrected chi connectivity index (χ1v) is 6.44. The Kier molecular flexibility index (Phi) is 3.74. The van der Waals surface area contributed by atoms with E-state index in [2.05, 4.69) is 10.6 Å². The summed E-state index contributed by atoms with van der Waals surface area (Å²) in [6.07, 6.45) is 0.979. The monoisotopic (exact) mass is 262 g/mol. The number of aromatic hydroxyl groups is 1. The van der Waals surface area contributed by atoms with Crippen LogP contribution in [0.3, 0.4) is 0 Å². The van der Waals surface area contributed by atoms with Crippen LogP contribution < -0.4 is 10.6 Å². The summed E-state index contributed by atoms with van der Waals surface area (Å²) in [4.78, 5) is 23.8. The summed E-state index contributed by atoms with van der Waals surface area (Å²) in [7, 11) is 0. The van der Waals surface area contributed by atoms with Gasteiger partial charge < -0.3 is 15.7 Å². The van der Waals surface area contributed by atoms with Crippen LogP contribution >= 0.6 is 0 Å². The molecular weight excluding hydrogens is 244 g/mol. The first-order chi connectivity index (χ1) is 9.01. The summed E-state index contributed by atoms with van der Waals surface area (Å²) in [6, 6.07) is 4.76. The Morgan fingerprint density at radius 3 is 3.00 bits per heavy atom. The van der Waals surface area contributed by atoms with Crippen molar-refractivity contribution in [1.82, 2.24) is 5.32 Å². The lowest BCUT2D eigenvalue weighted by molar-refractivity contribution is -0.126. The van der Waals surface area contributed by atoms with Gasteiger partial charge in [-0.15, -0.1) is 0 Å². The van der Waals surface area contributed by atoms with Crippen molar-refractivity contribution in [3.05, 3.63) is 23.8 Å². The summed E-state index contributed by atoms with van der Waals surface area (Å²) < 4.78 is 0. The van der Waals surface area contributed by atoms with Crippen LogP contribution in [-0.2, 0) is 9.59 Å². The standard InChI is InChI=1S/C14H18N2O3/c1-3-8(2)15-14(19)11-7-13(18)16-12-6-9(17)4-5-10(11)12/h4-6,8,11,17H,3,7H2,1-2H3,(H,15,19)(H,16,18). The highest BCUT2D eigenvalue weighted by atomic mass is 16.3. The minimum atomic E-state index is -0.488. The van der Waals surface area contributed by atoms with Gasteiger partial charge in [-0.05, 0) is 25.0 Å². The third-order valence-corrected chi connectivity index (χ3v) is 3.39. The van der Waals surface area contributed by atoms with Gasteiger partial charge in [-0.3, -0.25) is 9.59 Å². The number of benzene rings is 1. The van der Waals surface area contributed by atoms with E-state index in [1.807, 2.05) is 13.8 Å². The van der Waals surface area contributed by atoms with Gasteiger partial charge in [0.15, 0.2) is 0 Å². The first-order valence-electron chi connectivity index (χ1n) is 6.44. The molecule has 2 atom stereocenters. The molecule has 3 N–H and O–H groups in total. The highest BCUT2D eigenvalue weighted by Gasteiger charge is 2.31. The minimum absolute atomic E-state index is 0.0713. The molecule has 0 spiro atoms. The second-order valence-corrected chi connectivity index (χ2v) is 4.89.